The molecule has 2 N–H and O–H groups in total. The molecule has 3 heterocycles. The number of piperazine rings is 1. The zero-order valence-electron chi connectivity index (χ0n) is 14.5. The molecule has 1 aromatic rings. The molecule has 7 nitrogen and oxygen atoms in total. The number of H-pyrrole nitrogens is 1. The molecule has 2 aliphatic heterocycles. The van der Waals surface area contributed by atoms with Crippen LogP contribution in [0.15, 0.2) is 12.5 Å². The van der Waals surface area contributed by atoms with Gasteiger partial charge in [-0.3, -0.25) is 14.6 Å². The van der Waals surface area contributed by atoms with Gasteiger partial charge in [-0.15, -0.1) is 0 Å². The molecule has 0 spiro atoms. The zero-order chi connectivity index (χ0) is 16.9. The Morgan fingerprint density at radius 2 is 2.12 bits per heavy atom. The van der Waals surface area contributed by atoms with Crippen molar-refractivity contribution in [1.82, 2.24) is 24.7 Å². The number of rotatable bonds is 6. The number of nitrogens with zero attached hydrogens (tertiary/aromatic N) is 4. The summed E-state index contributed by atoms with van der Waals surface area (Å²) in [6.07, 6.45) is 5.76. The van der Waals surface area contributed by atoms with E-state index in [0.29, 0.717) is 12.0 Å². The summed E-state index contributed by atoms with van der Waals surface area (Å²) in [6, 6.07) is 0.524. The SMILES string of the molecule is CN1CCN([C@H]2CCN(Cc3cnc[nH]3)C[C@H]2CCC(=O)O)CC1. The van der Waals surface area contributed by atoms with Crippen LogP contribution in [0.5, 0.6) is 0 Å². The van der Waals surface area contributed by atoms with Gasteiger partial charge in [-0.05, 0) is 25.8 Å². The molecular formula is C17H29N5O2. The van der Waals surface area contributed by atoms with Crippen LogP contribution in [-0.4, -0.2) is 88.1 Å². The number of aromatic amines is 1. The standard InChI is InChI=1S/C17H29N5O2/c1-20-6-8-22(9-7-20)16-4-5-21(12-15-10-18-13-19-15)11-14(16)2-3-17(23)24/h10,13-14,16H,2-9,11-12H2,1H3,(H,18,19)(H,23,24)/t14-,16+/m1/s1. The molecule has 3 rings (SSSR count). The van der Waals surface area contributed by atoms with Gasteiger partial charge >= 0.3 is 5.97 Å². The highest BCUT2D eigenvalue weighted by Gasteiger charge is 2.34. The van der Waals surface area contributed by atoms with Crippen LogP contribution in [-0.2, 0) is 11.3 Å². The van der Waals surface area contributed by atoms with Crippen LogP contribution in [0.3, 0.4) is 0 Å². The molecule has 0 saturated carbocycles. The minimum atomic E-state index is -0.683. The van der Waals surface area contributed by atoms with E-state index >= 15 is 0 Å². The molecule has 2 atom stereocenters. The third-order valence-electron chi connectivity index (χ3n) is 5.46. The maximum absolute atomic E-state index is 11.1. The zero-order valence-corrected chi connectivity index (χ0v) is 14.5. The van der Waals surface area contributed by atoms with E-state index in [2.05, 4.69) is 31.7 Å². The van der Waals surface area contributed by atoms with Crippen LogP contribution in [0.25, 0.3) is 0 Å². The lowest BCUT2D eigenvalue weighted by Gasteiger charge is -2.46. The predicted molar refractivity (Wildman–Crippen MR) is 91.7 cm³/mol. The molecule has 7 heteroatoms. The van der Waals surface area contributed by atoms with E-state index in [1.54, 1.807) is 6.33 Å². The monoisotopic (exact) mass is 335 g/mol. The van der Waals surface area contributed by atoms with Gasteiger partial charge in [-0.25, -0.2) is 4.98 Å². The number of carboxylic acids is 1. The molecule has 0 radical (unpaired) electrons. The van der Waals surface area contributed by atoms with E-state index in [1.165, 1.54) is 0 Å². The van der Waals surface area contributed by atoms with Gasteiger partial charge in [0, 0.05) is 70.2 Å². The van der Waals surface area contributed by atoms with Crippen LogP contribution >= 0.6 is 0 Å². The number of aromatic nitrogens is 2. The Labute approximate surface area is 143 Å². The number of aliphatic carboxylic acids is 1. The molecule has 2 saturated heterocycles. The molecule has 2 aliphatic rings. The summed E-state index contributed by atoms with van der Waals surface area (Å²) in [6.45, 7) is 7.35. The topological polar surface area (TPSA) is 75.7 Å². The lowest BCUT2D eigenvalue weighted by Crippen LogP contribution is -2.56. The first-order valence-electron chi connectivity index (χ1n) is 8.96. The molecule has 1 aromatic heterocycles. The number of piperidine rings is 1. The van der Waals surface area contributed by atoms with Gasteiger partial charge in [0.05, 0.1) is 6.33 Å². The van der Waals surface area contributed by atoms with Crippen LogP contribution in [0, 0.1) is 5.92 Å². The Bertz CT molecular complexity index is 513. The van der Waals surface area contributed by atoms with E-state index in [1.807, 2.05) is 6.20 Å². The second kappa shape index (κ2) is 8.09. The molecule has 0 unspecified atom stereocenters. The number of likely N-dealkylation sites (N-methyl/N-ethyl adjacent to an activating group) is 1. The number of carboxylic acid groups (broad SMARTS) is 1. The third-order valence-corrected chi connectivity index (χ3v) is 5.46. The van der Waals surface area contributed by atoms with Crippen molar-refractivity contribution in [2.45, 2.75) is 31.8 Å². The highest BCUT2D eigenvalue weighted by molar-refractivity contribution is 5.66. The largest absolute Gasteiger partial charge is 0.481 e. The number of hydrogen-bond donors (Lipinski definition) is 2. The van der Waals surface area contributed by atoms with Gasteiger partial charge in [-0.1, -0.05) is 0 Å². The van der Waals surface area contributed by atoms with Crippen LogP contribution in [0.4, 0.5) is 0 Å². The van der Waals surface area contributed by atoms with Gasteiger partial charge in [0.1, 0.15) is 0 Å². The number of likely N-dealkylation sites (tertiary alicyclic amines) is 1. The van der Waals surface area contributed by atoms with Crippen LogP contribution in [0.1, 0.15) is 25.0 Å². The van der Waals surface area contributed by atoms with Gasteiger partial charge in [0.25, 0.3) is 0 Å². The Morgan fingerprint density at radius 3 is 2.79 bits per heavy atom. The Balaban J connectivity index is 1.61. The first kappa shape index (κ1) is 17.4. The summed E-state index contributed by atoms with van der Waals surface area (Å²) in [5, 5.41) is 9.10. The molecular weight excluding hydrogens is 306 g/mol. The first-order valence-corrected chi connectivity index (χ1v) is 8.96. The van der Waals surface area contributed by atoms with Crippen molar-refractivity contribution in [1.29, 1.82) is 0 Å². The van der Waals surface area contributed by atoms with Crippen molar-refractivity contribution in [3.63, 3.8) is 0 Å². The maximum Gasteiger partial charge on any atom is 0.303 e. The fourth-order valence-electron chi connectivity index (χ4n) is 4.08. The summed E-state index contributed by atoms with van der Waals surface area (Å²) < 4.78 is 0. The molecule has 0 amide bonds. The number of imidazole rings is 1. The second-order valence-electron chi connectivity index (χ2n) is 7.20. The van der Waals surface area contributed by atoms with E-state index in [0.717, 1.165) is 64.3 Å². The molecule has 0 aliphatic carbocycles. The van der Waals surface area contributed by atoms with Crippen molar-refractivity contribution in [3.8, 4) is 0 Å². The average molecular weight is 335 g/mol. The highest BCUT2D eigenvalue weighted by atomic mass is 16.4. The normalized spacial score (nSPS) is 27.4. The number of carbonyl (C=O) groups is 1. The summed E-state index contributed by atoms with van der Waals surface area (Å²) in [4.78, 5) is 25.7. The summed E-state index contributed by atoms with van der Waals surface area (Å²) >= 11 is 0. The Morgan fingerprint density at radius 1 is 1.33 bits per heavy atom. The minimum Gasteiger partial charge on any atom is -0.481 e. The van der Waals surface area contributed by atoms with Crippen LogP contribution < -0.4 is 0 Å². The van der Waals surface area contributed by atoms with E-state index in [-0.39, 0.29) is 6.42 Å². The van der Waals surface area contributed by atoms with Crippen molar-refractivity contribution in [3.05, 3.63) is 18.2 Å². The fourth-order valence-corrected chi connectivity index (χ4v) is 4.08. The van der Waals surface area contributed by atoms with Crippen LogP contribution in [0.2, 0.25) is 0 Å². The average Bonchev–Trinajstić information content (AvgIpc) is 3.07. The smallest absolute Gasteiger partial charge is 0.303 e. The van der Waals surface area contributed by atoms with Gasteiger partial charge < -0.3 is 15.0 Å². The van der Waals surface area contributed by atoms with Gasteiger partial charge in [0.2, 0.25) is 0 Å². The highest BCUT2D eigenvalue weighted by Crippen LogP contribution is 2.27. The lowest BCUT2D eigenvalue weighted by molar-refractivity contribution is -0.137. The fraction of sp³-hybridized carbons (Fsp3) is 0.765. The summed E-state index contributed by atoms with van der Waals surface area (Å²) in [5.74, 6) is -0.251. The maximum atomic E-state index is 11.1. The second-order valence-corrected chi connectivity index (χ2v) is 7.20. The van der Waals surface area contributed by atoms with E-state index < -0.39 is 5.97 Å². The van der Waals surface area contributed by atoms with E-state index in [4.69, 9.17) is 5.11 Å². The first-order chi connectivity index (χ1) is 11.6. The summed E-state index contributed by atoms with van der Waals surface area (Å²) in [7, 11) is 2.17. The number of nitrogens with one attached hydrogen (secondary N) is 1. The van der Waals surface area contributed by atoms with Gasteiger partial charge in [-0.2, -0.15) is 0 Å². The van der Waals surface area contributed by atoms with Crippen molar-refractivity contribution < 1.29 is 9.90 Å². The number of hydrogen-bond acceptors (Lipinski definition) is 5. The molecule has 134 valence electrons. The lowest BCUT2D eigenvalue weighted by atomic mass is 9.86. The Hall–Kier alpha value is -1.44. The molecule has 24 heavy (non-hydrogen) atoms. The predicted octanol–water partition coefficient (Wildman–Crippen LogP) is 0.712. The molecule has 0 bridgehead atoms. The quantitative estimate of drug-likeness (QED) is 0.798. The van der Waals surface area contributed by atoms with Gasteiger partial charge in [0.15, 0.2) is 0 Å². The molecule has 0 aromatic carbocycles. The Kier molecular flexibility index (Phi) is 5.86. The van der Waals surface area contributed by atoms with Crippen molar-refractivity contribution >= 4 is 5.97 Å². The van der Waals surface area contributed by atoms with Crippen molar-refractivity contribution in [2.75, 3.05) is 46.3 Å². The van der Waals surface area contributed by atoms with E-state index in [9.17, 15) is 4.79 Å². The summed E-state index contributed by atoms with van der Waals surface area (Å²) in [5.41, 5.74) is 1.13. The minimum absolute atomic E-state index is 0.271. The third kappa shape index (κ3) is 4.55. The van der Waals surface area contributed by atoms with Crippen molar-refractivity contribution in [2.24, 2.45) is 5.92 Å². The molecule has 2 fully saturated rings.